The number of aromatic nitrogens is 1. The maximum Gasteiger partial charge on any atom is 0.277 e. The van der Waals surface area contributed by atoms with Crippen LogP contribution in [0, 0.1) is 18.6 Å². The first-order chi connectivity index (χ1) is 12.0. The fraction of sp³-hybridized carbons (Fsp3) is 0.278. The van der Waals surface area contributed by atoms with Crippen molar-refractivity contribution in [3.63, 3.8) is 0 Å². The maximum absolute atomic E-state index is 13.7. The Hall–Kier alpha value is -2.83. The van der Waals surface area contributed by atoms with E-state index in [2.05, 4.69) is 10.3 Å². The molecule has 1 saturated heterocycles. The smallest absolute Gasteiger partial charge is 0.277 e. The second-order valence-corrected chi connectivity index (χ2v) is 5.93. The number of hydrogen-bond donors (Lipinski definition) is 1. The highest BCUT2D eigenvalue weighted by atomic mass is 19.1. The van der Waals surface area contributed by atoms with Gasteiger partial charge in [-0.2, -0.15) is 0 Å². The van der Waals surface area contributed by atoms with Gasteiger partial charge in [-0.25, -0.2) is 13.8 Å². The Bertz CT molecular complexity index is 833. The fourth-order valence-electron chi connectivity index (χ4n) is 2.90. The number of benzene rings is 1. The van der Waals surface area contributed by atoms with Gasteiger partial charge in [0.15, 0.2) is 11.5 Å². The van der Waals surface area contributed by atoms with Gasteiger partial charge < -0.3 is 10.2 Å². The molecule has 0 atom stereocenters. The lowest BCUT2D eigenvalue weighted by Gasteiger charge is -2.19. The molecule has 1 aromatic carbocycles. The molecule has 2 amide bonds. The molecule has 130 valence electrons. The monoisotopic (exact) mass is 345 g/mol. The van der Waals surface area contributed by atoms with E-state index >= 15 is 0 Å². The predicted octanol–water partition coefficient (Wildman–Crippen LogP) is 3.16. The van der Waals surface area contributed by atoms with Gasteiger partial charge >= 0.3 is 0 Å². The van der Waals surface area contributed by atoms with Crippen molar-refractivity contribution in [1.82, 2.24) is 9.88 Å². The third-order valence-electron chi connectivity index (χ3n) is 4.15. The molecule has 0 spiro atoms. The number of likely N-dealkylation sites (tertiary alicyclic amines) is 1. The minimum atomic E-state index is -1.06. The summed E-state index contributed by atoms with van der Waals surface area (Å²) in [5.74, 6) is -2.93. The van der Waals surface area contributed by atoms with Crippen LogP contribution >= 0.6 is 0 Å². The molecule has 2 aromatic rings. The van der Waals surface area contributed by atoms with E-state index < -0.39 is 23.2 Å². The zero-order chi connectivity index (χ0) is 18.0. The van der Waals surface area contributed by atoms with E-state index in [-0.39, 0.29) is 11.6 Å². The van der Waals surface area contributed by atoms with E-state index in [1.54, 1.807) is 30.0 Å². The summed E-state index contributed by atoms with van der Waals surface area (Å²) in [4.78, 5) is 30.3. The molecule has 1 aromatic heterocycles. The number of halogens is 2. The van der Waals surface area contributed by atoms with Crippen LogP contribution < -0.4 is 5.32 Å². The summed E-state index contributed by atoms with van der Waals surface area (Å²) >= 11 is 0. The third kappa shape index (κ3) is 3.50. The van der Waals surface area contributed by atoms with Crippen LogP contribution in [0.3, 0.4) is 0 Å². The maximum atomic E-state index is 13.7. The molecule has 0 radical (unpaired) electrons. The molecule has 0 saturated carbocycles. The molecule has 0 bridgehead atoms. The van der Waals surface area contributed by atoms with E-state index in [1.165, 1.54) is 0 Å². The molecular formula is C18H17F2N3O2. The van der Waals surface area contributed by atoms with Gasteiger partial charge in [0, 0.05) is 19.2 Å². The van der Waals surface area contributed by atoms with Crippen LogP contribution in [0.25, 0.3) is 0 Å². The van der Waals surface area contributed by atoms with Crippen molar-refractivity contribution >= 4 is 17.5 Å². The van der Waals surface area contributed by atoms with Gasteiger partial charge in [0.25, 0.3) is 11.8 Å². The van der Waals surface area contributed by atoms with E-state index in [1.807, 2.05) is 0 Å². The Morgan fingerprint density at radius 1 is 1.20 bits per heavy atom. The first kappa shape index (κ1) is 17.0. The van der Waals surface area contributed by atoms with Crippen molar-refractivity contribution in [3.8, 4) is 0 Å². The van der Waals surface area contributed by atoms with Gasteiger partial charge in [-0.05, 0) is 31.4 Å². The van der Waals surface area contributed by atoms with Crippen LogP contribution in [0.15, 0.2) is 30.5 Å². The molecule has 1 aliphatic heterocycles. The van der Waals surface area contributed by atoms with Gasteiger partial charge in [0.05, 0.1) is 17.4 Å². The molecule has 0 unspecified atom stereocenters. The molecule has 7 heteroatoms. The summed E-state index contributed by atoms with van der Waals surface area (Å²) < 4.78 is 26.7. The lowest BCUT2D eigenvalue weighted by atomic mass is 10.0. The fourth-order valence-corrected chi connectivity index (χ4v) is 2.90. The lowest BCUT2D eigenvalue weighted by Crippen LogP contribution is -2.29. The standard InChI is InChI=1S/C18H17F2N3O2/c1-11-5-4-6-14(15(11)18(25)23-7-2-3-8-23)22-17(24)16-13(20)9-12(19)10-21-16/h4-6,9-10H,2-3,7-8H2,1H3,(H,22,24). The summed E-state index contributed by atoms with van der Waals surface area (Å²) in [5, 5.41) is 2.52. The summed E-state index contributed by atoms with van der Waals surface area (Å²) in [5.41, 5.74) is 0.845. The molecule has 3 rings (SSSR count). The minimum absolute atomic E-state index is 0.168. The number of nitrogens with zero attached hydrogens (tertiary/aromatic N) is 2. The van der Waals surface area contributed by atoms with Gasteiger partial charge in [-0.1, -0.05) is 12.1 Å². The van der Waals surface area contributed by atoms with E-state index in [9.17, 15) is 18.4 Å². The van der Waals surface area contributed by atoms with Crippen molar-refractivity contribution < 1.29 is 18.4 Å². The largest absolute Gasteiger partial charge is 0.339 e. The highest BCUT2D eigenvalue weighted by Gasteiger charge is 2.25. The highest BCUT2D eigenvalue weighted by molar-refractivity contribution is 6.09. The topological polar surface area (TPSA) is 62.3 Å². The molecule has 1 fully saturated rings. The van der Waals surface area contributed by atoms with Crippen LogP contribution in [0.2, 0.25) is 0 Å². The average Bonchev–Trinajstić information content (AvgIpc) is 3.08. The number of aryl methyl sites for hydroxylation is 1. The molecule has 0 aliphatic carbocycles. The number of rotatable bonds is 3. The summed E-state index contributed by atoms with van der Waals surface area (Å²) in [7, 11) is 0. The second kappa shape index (κ2) is 6.96. The first-order valence-electron chi connectivity index (χ1n) is 7.98. The number of anilines is 1. The van der Waals surface area contributed by atoms with Crippen LogP contribution in [0.5, 0.6) is 0 Å². The molecule has 5 nitrogen and oxygen atoms in total. The Morgan fingerprint density at radius 3 is 2.60 bits per heavy atom. The van der Waals surface area contributed by atoms with E-state index in [0.717, 1.165) is 19.0 Å². The van der Waals surface area contributed by atoms with Crippen LogP contribution in [0.1, 0.15) is 39.3 Å². The number of pyridine rings is 1. The van der Waals surface area contributed by atoms with Gasteiger partial charge in [-0.15, -0.1) is 0 Å². The number of nitrogens with one attached hydrogen (secondary N) is 1. The van der Waals surface area contributed by atoms with Gasteiger partial charge in [0.2, 0.25) is 0 Å². The SMILES string of the molecule is Cc1cccc(NC(=O)c2ncc(F)cc2F)c1C(=O)N1CCCC1. The average molecular weight is 345 g/mol. The molecule has 2 heterocycles. The van der Waals surface area contributed by atoms with Crippen molar-refractivity contribution in [2.75, 3.05) is 18.4 Å². The Labute approximate surface area is 143 Å². The Balaban J connectivity index is 1.91. The number of carbonyl (C=O) groups excluding carboxylic acids is 2. The quantitative estimate of drug-likeness (QED) is 0.929. The van der Waals surface area contributed by atoms with Gasteiger partial charge in [0.1, 0.15) is 5.82 Å². The van der Waals surface area contributed by atoms with Gasteiger partial charge in [-0.3, -0.25) is 9.59 Å². The molecule has 25 heavy (non-hydrogen) atoms. The number of carbonyl (C=O) groups is 2. The van der Waals surface area contributed by atoms with Crippen molar-refractivity contribution in [1.29, 1.82) is 0 Å². The predicted molar refractivity (Wildman–Crippen MR) is 88.4 cm³/mol. The van der Waals surface area contributed by atoms with Crippen molar-refractivity contribution in [3.05, 3.63) is 58.9 Å². The highest BCUT2D eigenvalue weighted by Crippen LogP contribution is 2.24. The first-order valence-corrected chi connectivity index (χ1v) is 7.98. The minimum Gasteiger partial charge on any atom is -0.339 e. The second-order valence-electron chi connectivity index (χ2n) is 5.93. The summed E-state index contributed by atoms with van der Waals surface area (Å²) in [6.45, 7) is 3.12. The van der Waals surface area contributed by atoms with Crippen LogP contribution in [0.4, 0.5) is 14.5 Å². The van der Waals surface area contributed by atoms with E-state index in [0.29, 0.717) is 30.3 Å². The number of amides is 2. The summed E-state index contributed by atoms with van der Waals surface area (Å²) in [6, 6.07) is 5.64. The normalized spacial score (nSPS) is 13.8. The zero-order valence-electron chi connectivity index (χ0n) is 13.7. The molecule has 1 aliphatic rings. The van der Waals surface area contributed by atoms with Crippen molar-refractivity contribution in [2.45, 2.75) is 19.8 Å². The molecule has 1 N–H and O–H groups in total. The van der Waals surface area contributed by atoms with E-state index in [4.69, 9.17) is 0 Å². The summed E-state index contributed by atoms with van der Waals surface area (Å²) in [6.07, 6.45) is 2.67. The molecular weight excluding hydrogens is 328 g/mol. The Kier molecular flexibility index (Phi) is 4.74. The van der Waals surface area contributed by atoms with Crippen molar-refractivity contribution in [2.24, 2.45) is 0 Å². The van der Waals surface area contributed by atoms with Crippen LogP contribution in [-0.4, -0.2) is 34.8 Å². The Morgan fingerprint density at radius 2 is 1.92 bits per heavy atom. The third-order valence-corrected chi connectivity index (χ3v) is 4.15. The zero-order valence-corrected chi connectivity index (χ0v) is 13.7. The number of hydrogen-bond acceptors (Lipinski definition) is 3. The van der Waals surface area contributed by atoms with Crippen LogP contribution in [-0.2, 0) is 0 Å². The lowest BCUT2D eigenvalue weighted by molar-refractivity contribution is 0.0793.